The summed E-state index contributed by atoms with van der Waals surface area (Å²) in [7, 11) is 0. The van der Waals surface area contributed by atoms with Gasteiger partial charge in [-0.1, -0.05) is 18.2 Å². The van der Waals surface area contributed by atoms with Crippen molar-refractivity contribution < 1.29 is 18.7 Å². The minimum atomic E-state index is -0.608. The average Bonchev–Trinajstić information content (AvgIpc) is 3.70. The number of ether oxygens (including phenoxy) is 1. The van der Waals surface area contributed by atoms with Crippen molar-refractivity contribution >= 4 is 11.8 Å². The van der Waals surface area contributed by atoms with Crippen LogP contribution in [-0.4, -0.2) is 35.9 Å². The minimum absolute atomic E-state index is 0.106. The molecule has 2 aliphatic carbocycles. The van der Waals surface area contributed by atoms with Crippen LogP contribution >= 0.6 is 0 Å². The fourth-order valence-corrected chi connectivity index (χ4v) is 4.44. The predicted octanol–water partition coefficient (Wildman–Crippen LogP) is 4.00. The number of hydrogen-bond donors (Lipinski definition) is 1. The standard InChI is InChI=1S/C26H29FN2O3/c1-16(25(30)28-15-17-2-3-17)32-22-11-8-18-12-13-29(26(31)20-4-5-20)24(23(18)14-22)19-6-9-21(27)10-7-19/h6-11,14,16-17,20,24H,2-5,12-13,15H2,1H3,(H,28,30). The zero-order valence-electron chi connectivity index (χ0n) is 18.4. The molecule has 2 unspecified atom stereocenters. The molecular weight excluding hydrogens is 407 g/mol. The Morgan fingerprint density at radius 1 is 1.12 bits per heavy atom. The SMILES string of the molecule is CC(Oc1ccc2c(c1)C(c1ccc(F)cc1)N(C(=O)C1CC1)CC2)C(=O)NCC1CC1. The van der Waals surface area contributed by atoms with Gasteiger partial charge in [-0.25, -0.2) is 4.39 Å². The van der Waals surface area contributed by atoms with Crippen molar-refractivity contribution in [1.82, 2.24) is 10.2 Å². The van der Waals surface area contributed by atoms with E-state index in [0.29, 0.717) is 24.8 Å². The molecule has 1 aliphatic heterocycles. The molecule has 2 amide bonds. The van der Waals surface area contributed by atoms with Gasteiger partial charge in [-0.15, -0.1) is 0 Å². The summed E-state index contributed by atoms with van der Waals surface area (Å²) in [5, 5.41) is 2.96. The molecule has 32 heavy (non-hydrogen) atoms. The fraction of sp³-hybridized carbons (Fsp3) is 0.462. The third-order valence-corrected chi connectivity index (χ3v) is 6.69. The van der Waals surface area contributed by atoms with Crippen molar-refractivity contribution in [3.8, 4) is 5.75 Å². The van der Waals surface area contributed by atoms with Gasteiger partial charge in [-0.2, -0.15) is 0 Å². The second-order valence-electron chi connectivity index (χ2n) is 9.32. The number of carbonyl (C=O) groups is 2. The molecule has 0 aromatic heterocycles. The van der Waals surface area contributed by atoms with E-state index in [2.05, 4.69) is 5.32 Å². The fourth-order valence-electron chi connectivity index (χ4n) is 4.44. The maximum absolute atomic E-state index is 13.6. The van der Waals surface area contributed by atoms with Gasteiger partial charge in [0.05, 0.1) is 6.04 Å². The van der Waals surface area contributed by atoms with Gasteiger partial charge in [0.25, 0.3) is 5.91 Å². The Kier molecular flexibility index (Phi) is 5.62. The number of amides is 2. The number of rotatable bonds is 7. The van der Waals surface area contributed by atoms with Crippen LogP contribution < -0.4 is 10.1 Å². The van der Waals surface area contributed by atoms with Gasteiger partial charge in [0.1, 0.15) is 11.6 Å². The number of halogens is 1. The van der Waals surface area contributed by atoms with Crippen LogP contribution in [0.3, 0.4) is 0 Å². The lowest BCUT2D eigenvalue weighted by Gasteiger charge is -2.38. The normalized spacial score (nSPS) is 20.9. The zero-order chi connectivity index (χ0) is 22.2. The summed E-state index contributed by atoms with van der Waals surface area (Å²) in [4.78, 5) is 27.4. The van der Waals surface area contributed by atoms with E-state index in [1.807, 2.05) is 23.1 Å². The first-order chi connectivity index (χ1) is 15.5. The molecule has 0 radical (unpaired) electrons. The van der Waals surface area contributed by atoms with Gasteiger partial charge in [-0.3, -0.25) is 9.59 Å². The predicted molar refractivity (Wildman–Crippen MR) is 119 cm³/mol. The van der Waals surface area contributed by atoms with Crippen molar-refractivity contribution in [3.63, 3.8) is 0 Å². The van der Waals surface area contributed by atoms with E-state index in [4.69, 9.17) is 4.74 Å². The molecule has 0 spiro atoms. The number of nitrogens with zero attached hydrogens (tertiary/aromatic N) is 1. The van der Waals surface area contributed by atoms with E-state index in [9.17, 15) is 14.0 Å². The topological polar surface area (TPSA) is 58.6 Å². The largest absolute Gasteiger partial charge is 0.481 e. The molecule has 168 valence electrons. The Labute approximate surface area is 187 Å². The highest BCUT2D eigenvalue weighted by Crippen LogP contribution is 2.41. The van der Waals surface area contributed by atoms with E-state index < -0.39 is 6.10 Å². The van der Waals surface area contributed by atoms with Gasteiger partial charge in [0, 0.05) is 19.0 Å². The lowest BCUT2D eigenvalue weighted by Crippen LogP contribution is -2.41. The molecule has 2 aromatic carbocycles. The van der Waals surface area contributed by atoms with Gasteiger partial charge in [-0.05, 0) is 85.9 Å². The van der Waals surface area contributed by atoms with Crippen molar-refractivity contribution in [3.05, 3.63) is 65.0 Å². The van der Waals surface area contributed by atoms with Crippen LogP contribution in [0.1, 0.15) is 55.3 Å². The zero-order valence-corrected chi connectivity index (χ0v) is 18.4. The maximum Gasteiger partial charge on any atom is 0.260 e. The van der Waals surface area contributed by atoms with E-state index in [0.717, 1.165) is 36.0 Å². The second kappa shape index (κ2) is 8.57. The highest BCUT2D eigenvalue weighted by Gasteiger charge is 2.39. The summed E-state index contributed by atoms with van der Waals surface area (Å²) in [6.45, 7) is 3.11. The average molecular weight is 437 g/mol. The van der Waals surface area contributed by atoms with Crippen LogP contribution in [-0.2, 0) is 16.0 Å². The molecule has 2 saturated carbocycles. The van der Waals surface area contributed by atoms with Gasteiger partial charge >= 0.3 is 0 Å². The molecule has 2 aromatic rings. The van der Waals surface area contributed by atoms with Crippen LogP contribution in [0.4, 0.5) is 4.39 Å². The Bertz CT molecular complexity index is 1010. The molecule has 2 fully saturated rings. The summed E-state index contributed by atoms with van der Waals surface area (Å²) < 4.78 is 19.6. The lowest BCUT2D eigenvalue weighted by atomic mass is 9.87. The van der Waals surface area contributed by atoms with Crippen LogP contribution in [0, 0.1) is 17.7 Å². The Morgan fingerprint density at radius 3 is 2.56 bits per heavy atom. The molecular formula is C26H29FN2O3. The van der Waals surface area contributed by atoms with E-state index >= 15 is 0 Å². The number of hydrogen-bond acceptors (Lipinski definition) is 3. The van der Waals surface area contributed by atoms with Gasteiger partial charge in [0.15, 0.2) is 6.10 Å². The lowest BCUT2D eigenvalue weighted by molar-refractivity contribution is -0.134. The molecule has 5 nitrogen and oxygen atoms in total. The monoisotopic (exact) mass is 436 g/mol. The van der Waals surface area contributed by atoms with Gasteiger partial charge < -0.3 is 15.0 Å². The quantitative estimate of drug-likeness (QED) is 0.714. The summed E-state index contributed by atoms with van der Waals surface area (Å²) in [6, 6.07) is 12.0. The van der Waals surface area contributed by atoms with Crippen molar-refractivity contribution in [2.24, 2.45) is 11.8 Å². The molecule has 1 N–H and O–H groups in total. The summed E-state index contributed by atoms with van der Waals surface area (Å²) in [5.41, 5.74) is 3.02. The summed E-state index contributed by atoms with van der Waals surface area (Å²) in [5.74, 6) is 1.08. The van der Waals surface area contributed by atoms with Gasteiger partial charge in [0.2, 0.25) is 5.91 Å². The molecule has 0 bridgehead atoms. The number of benzene rings is 2. The summed E-state index contributed by atoms with van der Waals surface area (Å²) in [6.07, 6.45) is 4.40. The Balaban J connectivity index is 1.41. The molecule has 3 aliphatic rings. The Hall–Kier alpha value is -2.89. The summed E-state index contributed by atoms with van der Waals surface area (Å²) >= 11 is 0. The van der Waals surface area contributed by atoms with Crippen molar-refractivity contribution in [2.45, 2.75) is 51.2 Å². The number of fused-ring (bicyclic) bond motifs is 1. The molecule has 0 saturated heterocycles. The second-order valence-corrected chi connectivity index (χ2v) is 9.32. The first kappa shape index (κ1) is 21.0. The van der Waals surface area contributed by atoms with Crippen LogP contribution in [0.25, 0.3) is 0 Å². The van der Waals surface area contributed by atoms with E-state index in [1.54, 1.807) is 19.1 Å². The smallest absolute Gasteiger partial charge is 0.260 e. The molecule has 6 heteroatoms. The van der Waals surface area contributed by atoms with Crippen molar-refractivity contribution in [2.75, 3.05) is 13.1 Å². The van der Waals surface area contributed by atoms with E-state index in [1.165, 1.54) is 25.0 Å². The highest BCUT2D eigenvalue weighted by atomic mass is 19.1. The van der Waals surface area contributed by atoms with Crippen molar-refractivity contribution in [1.29, 1.82) is 0 Å². The minimum Gasteiger partial charge on any atom is -0.481 e. The third-order valence-electron chi connectivity index (χ3n) is 6.69. The first-order valence-corrected chi connectivity index (χ1v) is 11.6. The highest BCUT2D eigenvalue weighted by molar-refractivity contribution is 5.82. The maximum atomic E-state index is 13.6. The molecule has 5 rings (SSSR count). The molecule has 2 atom stereocenters. The third kappa shape index (κ3) is 4.50. The van der Waals surface area contributed by atoms with Crippen LogP contribution in [0.15, 0.2) is 42.5 Å². The number of carbonyl (C=O) groups excluding carboxylic acids is 2. The Morgan fingerprint density at radius 2 is 1.88 bits per heavy atom. The molecule has 1 heterocycles. The van der Waals surface area contributed by atoms with Crippen LogP contribution in [0.5, 0.6) is 5.75 Å². The van der Waals surface area contributed by atoms with E-state index in [-0.39, 0.29) is 29.6 Å². The first-order valence-electron chi connectivity index (χ1n) is 11.6. The number of nitrogens with one attached hydrogen (secondary N) is 1. The van der Waals surface area contributed by atoms with Crippen LogP contribution in [0.2, 0.25) is 0 Å².